The summed E-state index contributed by atoms with van der Waals surface area (Å²) in [5.74, 6) is 0. The fourth-order valence-corrected chi connectivity index (χ4v) is 0.839. The molecule has 1 fully saturated rings. The lowest BCUT2D eigenvalue weighted by atomic mass is 10.0. The lowest BCUT2D eigenvalue weighted by Gasteiger charge is -2.21. The van der Waals surface area contributed by atoms with Gasteiger partial charge in [-0.3, -0.25) is 0 Å². The third-order valence-corrected chi connectivity index (χ3v) is 1.75. The minimum absolute atomic E-state index is 0.0231. The Morgan fingerprint density at radius 2 is 2.20 bits per heavy atom. The number of rotatable bonds is 0. The maximum Gasteiger partial charge on any atom is 0.457 e. The van der Waals surface area contributed by atoms with Gasteiger partial charge in [-0.05, 0) is 20.3 Å². The summed E-state index contributed by atoms with van der Waals surface area (Å²) < 4.78 is 10.5. The summed E-state index contributed by atoms with van der Waals surface area (Å²) in [7, 11) is 2.30. The predicted octanol–water partition coefficient (Wildman–Crippen LogP) is 0.315. The number of hydroxylamine groups is 2. The van der Waals surface area contributed by atoms with Crippen LogP contribution < -0.4 is 0 Å². The molecule has 4 heteroatoms. The van der Waals surface area contributed by atoms with Crippen LogP contribution in [0.25, 0.3) is 0 Å². The Kier molecular flexibility index (Phi) is 2.34. The molecule has 1 aliphatic rings. The first-order valence-corrected chi connectivity index (χ1v) is 3.58. The molecule has 0 amide bonds. The summed E-state index contributed by atoms with van der Waals surface area (Å²) in [5, 5.41) is 1.81. The van der Waals surface area contributed by atoms with Crippen LogP contribution in [-0.2, 0) is 9.41 Å². The third-order valence-electron chi connectivity index (χ3n) is 1.75. The van der Waals surface area contributed by atoms with Gasteiger partial charge in [0.1, 0.15) is 0 Å². The van der Waals surface area contributed by atoms with Gasteiger partial charge in [-0.15, -0.1) is 0 Å². The van der Waals surface area contributed by atoms with Gasteiger partial charge < -0.3 is 9.41 Å². The number of nitrogens with zero attached hydrogens (tertiary/aromatic N) is 1. The van der Waals surface area contributed by atoms with Gasteiger partial charge in [0.25, 0.3) is 0 Å². The van der Waals surface area contributed by atoms with Crippen molar-refractivity contribution in [1.29, 1.82) is 0 Å². The van der Waals surface area contributed by atoms with Crippen LogP contribution >= 0.6 is 0 Å². The van der Waals surface area contributed by atoms with Crippen LogP contribution in [0.2, 0.25) is 0 Å². The van der Waals surface area contributed by atoms with Gasteiger partial charge in [-0.1, -0.05) is 0 Å². The van der Waals surface area contributed by atoms with Crippen molar-refractivity contribution in [3.8, 4) is 0 Å². The average Bonchev–Trinajstić information content (AvgIpc) is 1.94. The first-order chi connectivity index (χ1) is 4.60. The first kappa shape index (κ1) is 8.05. The van der Waals surface area contributed by atoms with Crippen molar-refractivity contribution in [1.82, 2.24) is 5.06 Å². The molecule has 3 nitrogen and oxygen atoms in total. The van der Waals surface area contributed by atoms with E-state index in [1.807, 2.05) is 12.1 Å². The highest BCUT2D eigenvalue weighted by atomic mass is 16.7. The van der Waals surface area contributed by atoms with Crippen molar-refractivity contribution in [3.63, 3.8) is 0 Å². The first-order valence-electron chi connectivity index (χ1n) is 3.58. The minimum Gasteiger partial charge on any atom is -0.408 e. The van der Waals surface area contributed by atoms with Crippen LogP contribution in [0.4, 0.5) is 0 Å². The lowest BCUT2D eigenvalue weighted by Crippen LogP contribution is -2.25. The van der Waals surface area contributed by atoms with E-state index in [0.717, 1.165) is 13.0 Å². The summed E-state index contributed by atoms with van der Waals surface area (Å²) in [5.41, 5.74) is -0.0231. The molecule has 1 saturated heterocycles. The molecule has 0 bridgehead atoms. The van der Waals surface area contributed by atoms with E-state index in [9.17, 15) is 0 Å². The second kappa shape index (κ2) is 2.90. The second-order valence-electron chi connectivity index (χ2n) is 3.25. The molecule has 0 aromatic heterocycles. The molecular weight excluding hydrogens is 129 g/mol. The highest BCUT2D eigenvalue weighted by molar-refractivity contribution is 6.18. The largest absolute Gasteiger partial charge is 0.457 e. The van der Waals surface area contributed by atoms with Crippen molar-refractivity contribution >= 4 is 7.69 Å². The Balaban J connectivity index is 2.41. The van der Waals surface area contributed by atoms with Crippen LogP contribution in [0.1, 0.15) is 20.3 Å². The molecule has 0 aliphatic carbocycles. The van der Waals surface area contributed by atoms with Gasteiger partial charge in [-0.25, -0.2) is 5.06 Å². The van der Waals surface area contributed by atoms with Crippen molar-refractivity contribution in [2.75, 3.05) is 13.6 Å². The van der Waals surface area contributed by atoms with Crippen molar-refractivity contribution in [3.05, 3.63) is 0 Å². The molecule has 0 radical (unpaired) electrons. The Hall–Kier alpha value is -0.0551. The number of hydrogen-bond acceptors (Lipinski definition) is 3. The monoisotopic (exact) mass is 143 g/mol. The number of hydrogen-bond donors (Lipinski definition) is 0. The van der Waals surface area contributed by atoms with E-state index >= 15 is 0 Å². The lowest BCUT2D eigenvalue weighted by molar-refractivity contribution is -0.0330. The van der Waals surface area contributed by atoms with Crippen molar-refractivity contribution in [2.24, 2.45) is 0 Å². The van der Waals surface area contributed by atoms with Gasteiger partial charge in [0.05, 0.1) is 0 Å². The normalized spacial score (nSPS) is 27.1. The van der Waals surface area contributed by atoms with E-state index < -0.39 is 0 Å². The van der Waals surface area contributed by atoms with Crippen LogP contribution in [0.5, 0.6) is 0 Å². The van der Waals surface area contributed by atoms with Crippen LogP contribution in [0, 0.1) is 0 Å². The summed E-state index contributed by atoms with van der Waals surface area (Å²) in [6.45, 7) is 5.10. The fraction of sp³-hybridized carbons (Fsp3) is 1.00. The van der Waals surface area contributed by atoms with Gasteiger partial charge >= 0.3 is 7.69 Å². The van der Waals surface area contributed by atoms with Gasteiger partial charge in [0.2, 0.25) is 0 Å². The summed E-state index contributed by atoms with van der Waals surface area (Å²) in [6.07, 6.45) is 1.02. The van der Waals surface area contributed by atoms with E-state index in [-0.39, 0.29) is 5.60 Å². The zero-order chi connectivity index (χ0) is 7.61. The van der Waals surface area contributed by atoms with Crippen LogP contribution in [0.3, 0.4) is 0 Å². The Morgan fingerprint density at radius 3 is 2.90 bits per heavy atom. The molecule has 0 unspecified atom stereocenters. The SMILES string of the molecule is CN1CCC(C)(C)OBO1. The highest BCUT2D eigenvalue weighted by Gasteiger charge is 2.23. The summed E-state index contributed by atoms with van der Waals surface area (Å²) in [4.78, 5) is 0. The van der Waals surface area contributed by atoms with E-state index in [4.69, 9.17) is 9.41 Å². The molecule has 0 aromatic rings. The van der Waals surface area contributed by atoms with Crippen molar-refractivity contribution < 1.29 is 9.41 Å². The Bertz CT molecular complexity index is 118. The van der Waals surface area contributed by atoms with Gasteiger partial charge in [0.15, 0.2) is 0 Å². The zero-order valence-electron chi connectivity index (χ0n) is 6.89. The molecule has 0 N–H and O–H groups in total. The molecule has 0 aromatic carbocycles. The van der Waals surface area contributed by atoms with E-state index in [0.29, 0.717) is 7.69 Å². The molecular formula is C6H14BNO2. The minimum atomic E-state index is -0.0231. The maximum absolute atomic E-state index is 5.40. The molecule has 1 aliphatic heterocycles. The van der Waals surface area contributed by atoms with E-state index in [1.54, 1.807) is 0 Å². The summed E-state index contributed by atoms with van der Waals surface area (Å²) in [6, 6.07) is 0. The fourth-order valence-electron chi connectivity index (χ4n) is 0.839. The smallest absolute Gasteiger partial charge is 0.408 e. The molecule has 1 heterocycles. The third kappa shape index (κ3) is 2.29. The molecule has 10 heavy (non-hydrogen) atoms. The van der Waals surface area contributed by atoms with Crippen LogP contribution in [0.15, 0.2) is 0 Å². The van der Waals surface area contributed by atoms with Crippen molar-refractivity contribution in [2.45, 2.75) is 25.9 Å². The van der Waals surface area contributed by atoms with Gasteiger partial charge in [-0.2, -0.15) is 0 Å². The average molecular weight is 143 g/mol. The Labute approximate surface area is 62.6 Å². The summed E-state index contributed by atoms with van der Waals surface area (Å²) >= 11 is 0. The van der Waals surface area contributed by atoms with E-state index in [1.165, 1.54) is 0 Å². The maximum atomic E-state index is 5.40. The second-order valence-corrected chi connectivity index (χ2v) is 3.25. The predicted molar refractivity (Wildman–Crippen MR) is 40.6 cm³/mol. The van der Waals surface area contributed by atoms with Gasteiger partial charge in [0, 0.05) is 19.2 Å². The van der Waals surface area contributed by atoms with E-state index in [2.05, 4.69) is 13.8 Å². The topological polar surface area (TPSA) is 21.7 Å². The highest BCUT2D eigenvalue weighted by Crippen LogP contribution is 2.16. The standard InChI is InChI=1S/C6H14BNO2/c1-6(2)4-5-8(3)10-7-9-6/h7H,4-5H2,1-3H3. The molecule has 0 atom stereocenters. The quantitative estimate of drug-likeness (QED) is 0.455. The molecule has 58 valence electrons. The molecule has 0 spiro atoms. The zero-order valence-corrected chi connectivity index (χ0v) is 6.89. The molecule has 0 saturated carbocycles. The van der Waals surface area contributed by atoms with Crippen LogP contribution in [-0.4, -0.2) is 31.9 Å². The molecule has 1 rings (SSSR count). The Morgan fingerprint density at radius 1 is 1.50 bits per heavy atom.